The van der Waals surface area contributed by atoms with E-state index in [1.165, 1.54) is 12.8 Å². The zero-order valence-electron chi connectivity index (χ0n) is 17.5. The molecule has 2 aliphatic rings. The average molecular weight is 386 g/mol. The monoisotopic (exact) mass is 385 g/mol. The SMILES string of the molecule is CC(C)(C)OC(=O)N1CCC2(CCN(CCOCCOCCN)CC2)CC1. The van der Waals surface area contributed by atoms with Crippen LogP contribution in [0.15, 0.2) is 0 Å². The molecular formula is C20H39N3O4. The van der Waals surface area contributed by atoms with Crippen LogP contribution in [0.5, 0.6) is 0 Å². The minimum atomic E-state index is -0.420. The molecule has 7 heteroatoms. The number of piperidine rings is 2. The maximum atomic E-state index is 12.2. The van der Waals surface area contributed by atoms with Crippen LogP contribution in [0.3, 0.4) is 0 Å². The smallest absolute Gasteiger partial charge is 0.410 e. The molecule has 2 N–H and O–H groups in total. The van der Waals surface area contributed by atoms with Crippen molar-refractivity contribution in [3.8, 4) is 0 Å². The van der Waals surface area contributed by atoms with E-state index in [-0.39, 0.29) is 6.09 Å². The van der Waals surface area contributed by atoms with E-state index >= 15 is 0 Å². The van der Waals surface area contributed by atoms with Crippen LogP contribution in [-0.4, -0.2) is 87.2 Å². The molecule has 1 amide bonds. The molecule has 0 radical (unpaired) electrons. The first-order valence-electron chi connectivity index (χ1n) is 10.4. The third kappa shape index (κ3) is 7.94. The Hall–Kier alpha value is -0.890. The lowest BCUT2D eigenvalue weighted by Gasteiger charge is -2.46. The fraction of sp³-hybridized carbons (Fsp3) is 0.950. The molecule has 2 aliphatic heterocycles. The van der Waals surface area contributed by atoms with Crippen molar-refractivity contribution >= 4 is 6.09 Å². The van der Waals surface area contributed by atoms with Crippen molar-refractivity contribution in [1.82, 2.24) is 9.80 Å². The van der Waals surface area contributed by atoms with Gasteiger partial charge in [-0.15, -0.1) is 0 Å². The van der Waals surface area contributed by atoms with E-state index in [9.17, 15) is 4.79 Å². The molecule has 1 spiro atoms. The summed E-state index contributed by atoms with van der Waals surface area (Å²) in [5, 5.41) is 0. The number of hydrogen-bond acceptors (Lipinski definition) is 6. The minimum absolute atomic E-state index is 0.164. The van der Waals surface area contributed by atoms with E-state index in [4.69, 9.17) is 19.9 Å². The molecule has 0 aromatic heterocycles. The van der Waals surface area contributed by atoms with E-state index in [0.29, 0.717) is 31.8 Å². The molecule has 0 aromatic carbocycles. The third-order valence-corrected chi connectivity index (χ3v) is 5.58. The Bertz CT molecular complexity index is 435. The number of hydrogen-bond donors (Lipinski definition) is 1. The highest BCUT2D eigenvalue weighted by Gasteiger charge is 2.39. The van der Waals surface area contributed by atoms with Crippen LogP contribution in [0.2, 0.25) is 0 Å². The molecule has 0 aromatic rings. The first-order chi connectivity index (χ1) is 12.8. The van der Waals surface area contributed by atoms with E-state index in [0.717, 1.165) is 52.2 Å². The van der Waals surface area contributed by atoms with Gasteiger partial charge in [0.15, 0.2) is 0 Å². The highest BCUT2D eigenvalue weighted by molar-refractivity contribution is 5.68. The van der Waals surface area contributed by atoms with Gasteiger partial charge >= 0.3 is 6.09 Å². The largest absolute Gasteiger partial charge is 0.444 e. The van der Waals surface area contributed by atoms with Crippen LogP contribution < -0.4 is 5.73 Å². The molecule has 2 rings (SSSR count). The quantitative estimate of drug-likeness (QED) is 0.645. The molecule has 0 atom stereocenters. The maximum absolute atomic E-state index is 12.2. The highest BCUT2D eigenvalue weighted by atomic mass is 16.6. The fourth-order valence-corrected chi connectivity index (χ4v) is 3.84. The second-order valence-electron chi connectivity index (χ2n) is 8.82. The lowest BCUT2D eigenvalue weighted by Crippen LogP contribution is -2.49. The molecule has 0 unspecified atom stereocenters. The van der Waals surface area contributed by atoms with Gasteiger partial charge in [-0.1, -0.05) is 0 Å². The van der Waals surface area contributed by atoms with Crippen molar-refractivity contribution in [2.45, 2.75) is 52.1 Å². The van der Waals surface area contributed by atoms with Crippen molar-refractivity contribution < 1.29 is 19.0 Å². The molecule has 2 heterocycles. The Morgan fingerprint density at radius 3 is 2.04 bits per heavy atom. The Morgan fingerprint density at radius 1 is 0.926 bits per heavy atom. The number of carbonyl (C=O) groups is 1. The van der Waals surface area contributed by atoms with Gasteiger partial charge < -0.3 is 29.7 Å². The van der Waals surface area contributed by atoms with Crippen LogP contribution in [-0.2, 0) is 14.2 Å². The second-order valence-corrected chi connectivity index (χ2v) is 8.82. The predicted molar refractivity (Wildman–Crippen MR) is 106 cm³/mol. The zero-order valence-corrected chi connectivity index (χ0v) is 17.5. The molecule has 27 heavy (non-hydrogen) atoms. The van der Waals surface area contributed by atoms with Gasteiger partial charge in [-0.25, -0.2) is 4.79 Å². The Balaban J connectivity index is 1.60. The highest BCUT2D eigenvalue weighted by Crippen LogP contribution is 2.41. The van der Waals surface area contributed by atoms with Crippen LogP contribution in [0, 0.1) is 5.41 Å². The normalized spacial score (nSPS) is 20.8. The van der Waals surface area contributed by atoms with Crippen LogP contribution >= 0.6 is 0 Å². The first kappa shape index (κ1) is 22.4. The number of nitrogens with two attached hydrogens (primary N) is 1. The van der Waals surface area contributed by atoms with Gasteiger partial charge in [0.25, 0.3) is 0 Å². The van der Waals surface area contributed by atoms with Gasteiger partial charge in [0.1, 0.15) is 5.60 Å². The standard InChI is InChI=1S/C20H39N3O4/c1-19(2,3)27-18(24)23-11-6-20(7-12-23)4-9-22(10-5-20)13-15-26-17-16-25-14-8-21/h4-17,21H2,1-3H3. The van der Waals surface area contributed by atoms with E-state index in [1.807, 2.05) is 25.7 Å². The Kier molecular flexibility index (Phi) is 8.79. The second kappa shape index (κ2) is 10.6. The summed E-state index contributed by atoms with van der Waals surface area (Å²) in [6, 6.07) is 0. The van der Waals surface area contributed by atoms with Gasteiger partial charge in [0.2, 0.25) is 0 Å². The van der Waals surface area contributed by atoms with Gasteiger partial charge in [-0.05, 0) is 65.0 Å². The van der Waals surface area contributed by atoms with Gasteiger partial charge in [-0.3, -0.25) is 0 Å². The molecular weight excluding hydrogens is 346 g/mol. The van der Waals surface area contributed by atoms with Crippen LogP contribution in [0.1, 0.15) is 46.5 Å². The van der Waals surface area contributed by atoms with Gasteiger partial charge in [-0.2, -0.15) is 0 Å². The molecule has 0 aliphatic carbocycles. The number of likely N-dealkylation sites (tertiary alicyclic amines) is 2. The molecule has 0 bridgehead atoms. The number of carbonyl (C=O) groups excluding carboxylic acids is 1. The third-order valence-electron chi connectivity index (χ3n) is 5.58. The van der Waals surface area contributed by atoms with Crippen molar-refractivity contribution in [2.75, 3.05) is 65.7 Å². The summed E-state index contributed by atoms with van der Waals surface area (Å²) in [7, 11) is 0. The zero-order chi connectivity index (χ0) is 19.8. The predicted octanol–water partition coefficient (Wildman–Crippen LogP) is 2.09. The van der Waals surface area contributed by atoms with Crippen molar-refractivity contribution in [2.24, 2.45) is 11.1 Å². The summed E-state index contributed by atoms with van der Waals surface area (Å²) < 4.78 is 16.4. The van der Waals surface area contributed by atoms with Crippen LogP contribution in [0.4, 0.5) is 4.79 Å². The summed E-state index contributed by atoms with van der Waals surface area (Å²) in [6.07, 6.45) is 4.45. The lowest BCUT2D eigenvalue weighted by atomic mass is 9.71. The average Bonchev–Trinajstić information content (AvgIpc) is 2.62. The van der Waals surface area contributed by atoms with Gasteiger partial charge in [0.05, 0.1) is 26.4 Å². The van der Waals surface area contributed by atoms with E-state index < -0.39 is 5.60 Å². The molecule has 0 saturated carbocycles. The molecule has 2 saturated heterocycles. The molecule has 2 fully saturated rings. The van der Waals surface area contributed by atoms with E-state index in [1.54, 1.807) is 0 Å². The number of rotatable bonds is 8. The first-order valence-corrected chi connectivity index (χ1v) is 10.4. The Labute approximate surface area is 164 Å². The van der Waals surface area contributed by atoms with Crippen molar-refractivity contribution in [3.63, 3.8) is 0 Å². The van der Waals surface area contributed by atoms with Crippen molar-refractivity contribution in [1.29, 1.82) is 0 Å². The lowest BCUT2D eigenvalue weighted by molar-refractivity contribution is -0.00718. The van der Waals surface area contributed by atoms with Crippen molar-refractivity contribution in [3.05, 3.63) is 0 Å². The topological polar surface area (TPSA) is 77.3 Å². The summed E-state index contributed by atoms with van der Waals surface area (Å²) >= 11 is 0. The summed E-state index contributed by atoms with van der Waals surface area (Å²) in [4.78, 5) is 16.6. The number of ether oxygens (including phenoxy) is 3. The van der Waals surface area contributed by atoms with E-state index in [2.05, 4.69) is 4.90 Å². The number of nitrogens with zero attached hydrogens (tertiary/aromatic N) is 2. The number of amides is 1. The fourth-order valence-electron chi connectivity index (χ4n) is 3.84. The van der Waals surface area contributed by atoms with Crippen LogP contribution in [0.25, 0.3) is 0 Å². The summed E-state index contributed by atoms with van der Waals surface area (Å²) in [6.45, 7) is 13.8. The summed E-state index contributed by atoms with van der Waals surface area (Å²) in [5.74, 6) is 0. The van der Waals surface area contributed by atoms with Gasteiger partial charge in [0, 0.05) is 26.2 Å². The molecule has 158 valence electrons. The summed E-state index contributed by atoms with van der Waals surface area (Å²) in [5.41, 5.74) is 5.36. The molecule has 7 nitrogen and oxygen atoms in total. The maximum Gasteiger partial charge on any atom is 0.410 e. The minimum Gasteiger partial charge on any atom is -0.444 e. The Morgan fingerprint density at radius 2 is 1.48 bits per heavy atom.